The third kappa shape index (κ3) is 11.7. The van der Waals surface area contributed by atoms with Gasteiger partial charge in [0, 0.05) is 17.0 Å². The number of methoxy groups -OCH3 is 2. The largest absolute Gasteiger partial charge is 1.00 e. The summed E-state index contributed by atoms with van der Waals surface area (Å²) in [7, 11) is -12.4. The third-order valence-electron chi connectivity index (χ3n) is 5.23. The summed E-state index contributed by atoms with van der Waals surface area (Å²) < 4.78 is 112. The Labute approximate surface area is 327 Å². The van der Waals surface area contributed by atoms with Crippen LogP contribution < -0.4 is 109 Å². The van der Waals surface area contributed by atoms with Crippen LogP contribution in [0.5, 0.6) is 17.2 Å². The minimum Gasteiger partial charge on any atom is -0.744 e. The van der Waals surface area contributed by atoms with Crippen LogP contribution >= 0.6 is 12.0 Å². The number of nitrogens with two attached hydrogens (primary N) is 1. The number of nitrogen functional groups attached to an aromatic ring is 1. The number of anilines is 1. The van der Waals surface area contributed by atoms with Crippen molar-refractivity contribution in [1.82, 2.24) is 0 Å². The molecule has 0 heterocycles. The van der Waals surface area contributed by atoms with Gasteiger partial charge in [-0.3, -0.25) is 9.22 Å². The Balaban J connectivity index is 0.00000645. The molecule has 0 aliphatic rings. The van der Waals surface area contributed by atoms with Crippen molar-refractivity contribution < 1.29 is 156 Å². The fourth-order valence-corrected chi connectivity index (χ4v) is 6.24. The summed E-state index contributed by atoms with van der Waals surface area (Å²) in [4.78, 5) is -1.36. The van der Waals surface area contributed by atoms with Crippen molar-refractivity contribution >= 4 is 70.2 Å². The van der Waals surface area contributed by atoms with Gasteiger partial charge in [-0.2, -0.15) is 4.33 Å². The van der Waals surface area contributed by atoms with Crippen LogP contribution in [0.25, 0.3) is 10.8 Å². The van der Waals surface area contributed by atoms with E-state index in [9.17, 15) is 44.7 Å². The van der Waals surface area contributed by atoms with Gasteiger partial charge in [0.2, 0.25) is 10.4 Å². The maximum Gasteiger partial charge on any atom is 1.00 e. The maximum atomic E-state index is 12.8. The molecule has 18 nitrogen and oxygen atoms in total. The van der Waals surface area contributed by atoms with Crippen LogP contribution in [-0.2, 0) is 43.9 Å². The monoisotopic (exact) mass is 737 g/mol. The summed E-state index contributed by atoms with van der Waals surface area (Å²) in [5, 5.41) is 31.6. The number of aromatic hydroxyl groups is 1. The molecule has 25 heteroatoms. The van der Waals surface area contributed by atoms with Crippen LogP contribution in [0.4, 0.5) is 17.1 Å². The second kappa shape index (κ2) is 18.4. The molecule has 0 bridgehead atoms. The molecule has 0 saturated carbocycles. The maximum absolute atomic E-state index is 12.8. The number of phenolic OH excluding ortho intramolecular Hbond substituents is 1. The van der Waals surface area contributed by atoms with E-state index in [1.54, 1.807) is 0 Å². The van der Waals surface area contributed by atoms with Crippen LogP contribution in [0.1, 0.15) is 0 Å². The molecule has 3 rings (SSSR count). The van der Waals surface area contributed by atoms with Gasteiger partial charge in [0.05, 0.1) is 54.6 Å². The molecular formula is C20H18N3Na3O15S4. The molecule has 0 aromatic heterocycles. The smallest absolute Gasteiger partial charge is 0.744 e. The minimum atomic E-state index is -5.19. The van der Waals surface area contributed by atoms with E-state index in [4.69, 9.17) is 15.2 Å². The van der Waals surface area contributed by atoms with E-state index in [2.05, 4.69) is 23.8 Å². The van der Waals surface area contributed by atoms with E-state index in [1.165, 1.54) is 6.07 Å². The molecule has 3 aromatic rings. The Morgan fingerprint density at radius 1 is 0.889 bits per heavy atom. The molecule has 3 aromatic carbocycles. The minimum absolute atomic E-state index is 0. The number of rotatable bonds is 13. The normalized spacial score (nSPS) is 11.8. The molecule has 230 valence electrons. The number of hydrogen-bond acceptors (Lipinski definition) is 19. The Kier molecular flexibility index (Phi) is 18.3. The summed E-state index contributed by atoms with van der Waals surface area (Å²) in [6.07, 6.45) is 0. The molecule has 0 saturated heterocycles. The SMILES string of the molecule is COc1cc(S(=O)(=O)CCOS(=O)(=O)[O-])c(OC)cc1N=Nc1c(N)c(S(=O)(=O)[O-])cc2cc(SOO[O-])cc(O)c12.[Na+].[Na+].[Na+]. The zero-order valence-corrected chi connectivity index (χ0v) is 33.3. The predicted molar refractivity (Wildman–Crippen MR) is 137 cm³/mol. The second-order valence-corrected chi connectivity index (χ2v) is 13.0. The first-order chi connectivity index (χ1) is 19.5. The zero-order chi connectivity index (χ0) is 31.5. The Bertz CT molecular complexity index is 1880. The molecule has 0 amide bonds. The number of benzene rings is 3. The van der Waals surface area contributed by atoms with Crippen LogP contribution in [0.3, 0.4) is 0 Å². The molecule has 0 unspecified atom stereocenters. The topological polar surface area (TPSA) is 289 Å². The fraction of sp³-hybridized carbons (Fsp3) is 0.200. The summed E-state index contributed by atoms with van der Waals surface area (Å²) in [6.45, 7) is -0.980. The van der Waals surface area contributed by atoms with Crippen molar-refractivity contribution in [1.29, 1.82) is 0 Å². The number of hydrogen-bond donors (Lipinski definition) is 2. The van der Waals surface area contributed by atoms with E-state index in [0.29, 0.717) is 12.0 Å². The number of sulfone groups is 1. The molecule has 0 aliphatic heterocycles. The molecule has 0 radical (unpaired) electrons. The Hall–Kier alpha value is -0.320. The van der Waals surface area contributed by atoms with Gasteiger partial charge in [-0.15, -0.1) is 10.2 Å². The molecule has 0 atom stereocenters. The molecular weight excluding hydrogens is 719 g/mol. The van der Waals surface area contributed by atoms with Crippen LogP contribution in [0.15, 0.2) is 55.2 Å². The van der Waals surface area contributed by atoms with Crippen molar-refractivity contribution in [2.45, 2.75) is 14.7 Å². The quantitative estimate of drug-likeness (QED) is 0.0241. The standard InChI is InChI=1S/C20H21N3O15S4.3Na/c1-34-14-9-16(40(26,27)4-3-36-42(31,32)33)15(35-2)8-12(14)22-23-20-18-10(6-17(19(20)21)41(28,29)30)5-11(7-13(18)24)39-38-37-25;;;/h5-9,24-25H,3-4,21H2,1-2H3,(H,28,29,30)(H,31,32,33);;;/q;3*+1/p-3. The molecule has 0 spiro atoms. The van der Waals surface area contributed by atoms with Crippen molar-refractivity contribution in [3.05, 3.63) is 30.3 Å². The fourth-order valence-electron chi connectivity index (χ4n) is 3.51. The Morgan fingerprint density at radius 3 is 2.04 bits per heavy atom. The average Bonchev–Trinajstić information content (AvgIpc) is 2.89. The van der Waals surface area contributed by atoms with E-state index >= 15 is 0 Å². The molecule has 0 fully saturated rings. The van der Waals surface area contributed by atoms with E-state index < -0.39 is 69.6 Å². The van der Waals surface area contributed by atoms with Gasteiger partial charge in [0.1, 0.15) is 43.6 Å². The first kappa shape index (κ1) is 44.7. The summed E-state index contributed by atoms with van der Waals surface area (Å²) in [5.41, 5.74) is 4.55. The van der Waals surface area contributed by atoms with Crippen molar-refractivity contribution in [3.63, 3.8) is 0 Å². The average molecular weight is 738 g/mol. The van der Waals surface area contributed by atoms with Gasteiger partial charge in [0.25, 0.3) is 0 Å². The van der Waals surface area contributed by atoms with Gasteiger partial charge in [-0.05, 0) is 23.6 Å². The van der Waals surface area contributed by atoms with Crippen molar-refractivity contribution in [2.24, 2.45) is 10.2 Å². The van der Waals surface area contributed by atoms with Crippen LogP contribution in [0, 0.1) is 0 Å². The number of fused-ring (bicyclic) bond motifs is 1. The first-order valence-corrected chi connectivity index (χ1v) is 15.8. The molecule has 0 aliphatic carbocycles. The van der Waals surface area contributed by atoms with Crippen molar-refractivity contribution in [3.8, 4) is 17.2 Å². The number of ether oxygens (including phenoxy) is 2. The van der Waals surface area contributed by atoms with E-state index in [-0.39, 0.29) is 122 Å². The van der Waals surface area contributed by atoms with E-state index in [0.717, 1.165) is 38.5 Å². The van der Waals surface area contributed by atoms with Gasteiger partial charge in [0.15, 0.2) is 9.84 Å². The number of nitrogens with zero attached hydrogens (tertiary/aromatic N) is 2. The van der Waals surface area contributed by atoms with Crippen LogP contribution in [-0.4, -0.2) is 66.0 Å². The first-order valence-electron chi connectivity index (χ1n) is 10.7. The van der Waals surface area contributed by atoms with Crippen molar-refractivity contribution in [2.75, 3.05) is 32.3 Å². The van der Waals surface area contributed by atoms with Crippen LogP contribution in [0.2, 0.25) is 0 Å². The number of phenols is 1. The third-order valence-corrected chi connectivity index (χ3v) is 8.81. The van der Waals surface area contributed by atoms with E-state index in [1.807, 2.05) is 0 Å². The van der Waals surface area contributed by atoms with Gasteiger partial charge >= 0.3 is 88.7 Å². The molecule has 3 N–H and O–H groups in total. The number of azo groups is 1. The zero-order valence-electron chi connectivity index (χ0n) is 24.1. The summed E-state index contributed by atoms with van der Waals surface area (Å²) >= 11 is 0.361. The van der Waals surface area contributed by atoms with Gasteiger partial charge < -0.3 is 34.7 Å². The second-order valence-electron chi connectivity index (χ2n) is 7.78. The predicted octanol–water partition coefficient (Wildman–Crippen LogP) is -8.04. The van der Waals surface area contributed by atoms with Gasteiger partial charge in [-0.25, -0.2) is 25.3 Å². The Morgan fingerprint density at radius 2 is 1.51 bits per heavy atom. The summed E-state index contributed by atoms with van der Waals surface area (Å²) in [6, 6.07) is 5.16. The summed E-state index contributed by atoms with van der Waals surface area (Å²) in [5.74, 6) is -2.04. The van der Waals surface area contributed by atoms with Gasteiger partial charge in [-0.1, -0.05) is 0 Å². The molecule has 45 heavy (non-hydrogen) atoms.